The molecular formula is C16H11ClN2S. The van der Waals surface area contributed by atoms with E-state index >= 15 is 0 Å². The van der Waals surface area contributed by atoms with Crippen LogP contribution in [0.5, 0.6) is 0 Å². The Balaban J connectivity index is 1.88. The van der Waals surface area contributed by atoms with Crippen molar-refractivity contribution in [1.29, 1.82) is 0 Å². The van der Waals surface area contributed by atoms with Crippen LogP contribution >= 0.6 is 22.9 Å². The Morgan fingerprint density at radius 3 is 2.30 bits per heavy atom. The van der Waals surface area contributed by atoms with Crippen LogP contribution in [-0.2, 0) is 0 Å². The van der Waals surface area contributed by atoms with Gasteiger partial charge in [0.2, 0.25) is 5.13 Å². The van der Waals surface area contributed by atoms with Gasteiger partial charge in [0.05, 0.1) is 0 Å². The maximum atomic E-state index is 6.24. The molecule has 0 amide bonds. The molecule has 0 aliphatic heterocycles. The van der Waals surface area contributed by atoms with Crippen molar-refractivity contribution < 1.29 is 0 Å². The summed E-state index contributed by atoms with van der Waals surface area (Å²) in [7, 11) is 0. The van der Waals surface area contributed by atoms with Crippen LogP contribution in [0.2, 0.25) is 4.34 Å². The Labute approximate surface area is 126 Å². The van der Waals surface area contributed by atoms with E-state index in [2.05, 4.69) is 9.98 Å². The van der Waals surface area contributed by atoms with Gasteiger partial charge in [-0.2, -0.15) is 0 Å². The molecule has 2 nitrogen and oxygen atoms in total. The zero-order valence-corrected chi connectivity index (χ0v) is 12.1. The van der Waals surface area contributed by atoms with Crippen molar-refractivity contribution >= 4 is 34.3 Å². The Morgan fingerprint density at radius 1 is 0.950 bits per heavy atom. The first-order chi connectivity index (χ1) is 9.83. The fourth-order valence-corrected chi connectivity index (χ4v) is 2.81. The van der Waals surface area contributed by atoms with Crippen molar-refractivity contribution in [2.45, 2.75) is 0 Å². The predicted molar refractivity (Wildman–Crippen MR) is 86.3 cm³/mol. The molecule has 2 aromatic carbocycles. The third-order valence-corrected chi connectivity index (χ3v) is 3.91. The van der Waals surface area contributed by atoms with Crippen LogP contribution in [-0.4, -0.2) is 11.2 Å². The number of hydrogen-bond acceptors (Lipinski definition) is 3. The van der Waals surface area contributed by atoms with Gasteiger partial charge < -0.3 is 0 Å². The van der Waals surface area contributed by atoms with Crippen LogP contribution in [0.25, 0.3) is 11.3 Å². The number of nitrogens with zero attached hydrogens (tertiary/aromatic N) is 2. The molecule has 3 aromatic rings. The lowest BCUT2D eigenvalue weighted by Crippen LogP contribution is -1.78. The largest absolute Gasteiger partial charge is 0.227 e. The van der Waals surface area contributed by atoms with Gasteiger partial charge in [-0.3, -0.25) is 0 Å². The summed E-state index contributed by atoms with van der Waals surface area (Å²) >= 11 is 7.63. The van der Waals surface area contributed by atoms with Crippen molar-refractivity contribution in [2.24, 2.45) is 4.99 Å². The zero-order valence-electron chi connectivity index (χ0n) is 10.5. The van der Waals surface area contributed by atoms with E-state index < -0.39 is 0 Å². The molecule has 0 saturated carbocycles. The Bertz CT molecular complexity index is 721. The van der Waals surface area contributed by atoms with Gasteiger partial charge in [0.25, 0.3) is 0 Å². The summed E-state index contributed by atoms with van der Waals surface area (Å²) in [5, 5.41) is 0.665. The van der Waals surface area contributed by atoms with Gasteiger partial charge in [-0.1, -0.05) is 83.6 Å². The number of thiazole rings is 1. The molecule has 20 heavy (non-hydrogen) atoms. The molecule has 0 fully saturated rings. The molecule has 4 heteroatoms. The van der Waals surface area contributed by atoms with Gasteiger partial charge in [0, 0.05) is 11.8 Å². The minimum atomic E-state index is 0.663. The summed E-state index contributed by atoms with van der Waals surface area (Å²) in [4.78, 5) is 8.87. The topological polar surface area (TPSA) is 25.2 Å². The maximum absolute atomic E-state index is 6.24. The first-order valence-electron chi connectivity index (χ1n) is 6.14. The van der Waals surface area contributed by atoms with Crippen molar-refractivity contribution in [2.75, 3.05) is 0 Å². The first kappa shape index (κ1) is 13.0. The highest BCUT2D eigenvalue weighted by atomic mass is 35.5. The van der Waals surface area contributed by atoms with Crippen molar-refractivity contribution in [3.8, 4) is 11.3 Å². The minimum absolute atomic E-state index is 0.663. The zero-order chi connectivity index (χ0) is 13.8. The molecule has 0 aliphatic carbocycles. The SMILES string of the molecule is Clc1sc(/N=C/c2ccccc2)nc1-c1ccccc1. The van der Waals surface area contributed by atoms with E-state index in [1.54, 1.807) is 6.21 Å². The maximum Gasteiger partial charge on any atom is 0.211 e. The lowest BCUT2D eigenvalue weighted by molar-refractivity contribution is 1.36. The molecule has 1 aromatic heterocycles. The van der Waals surface area contributed by atoms with E-state index in [4.69, 9.17) is 11.6 Å². The number of benzene rings is 2. The van der Waals surface area contributed by atoms with E-state index in [0.29, 0.717) is 9.47 Å². The van der Waals surface area contributed by atoms with Crippen LogP contribution in [0.15, 0.2) is 65.7 Å². The number of hydrogen-bond donors (Lipinski definition) is 0. The minimum Gasteiger partial charge on any atom is -0.227 e. The van der Waals surface area contributed by atoms with Gasteiger partial charge in [0.1, 0.15) is 10.0 Å². The van der Waals surface area contributed by atoms with E-state index in [9.17, 15) is 0 Å². The van der Waals surface area contributed by atoms with Gasteiger partial charge >= 0.3 is 0 Å². The number of rotatable bonds is 3. The van der Waals surface area contributed by atoms with Crippen LogP contribution in [0.1, 0.15) is 5.56 Å². The van der Waals surface area contributed by atoms with E-state index in [0.717, 1.165) is 16.8 Å². The third kappa shape index (κ3) is 2.95. The second kappa shape index (κ2) is 5.99. The fraction of sp³-hybridized carbons (Fsp3) is 0. The molecule has 0 bridgehead atoms. The van der Waals surface area contributed by atoms with Crippen molar-refractivity contribution in [1.82, 2.24) is 4.98 Å². The Kier molecular flexibility index (Phi) is 3.90. The number of aromatic nitrogens is 1. The summed E-state index contributed by atoms with van der Waals surface area (Å²) in [5.74, 6) is 0. The molecule has 0 N–H and O–H groups in total. The molecule has 1 heterocycles. The fourth-order valence-electron chi connectivity index (χ4n) is 1.79. The quantitative estimate of drug-likeness (QED) is 0.609. The summed E-state index contributed by atoms with van der Waals surface area (Å²) in [5.41, 5.74) is 2.84. The van der Waals surface area contributed by atoms with Crippen molar-refractivity contribution in [3.05, 3.63) is 70.6 Å². The second-order valence-electron chi connectivity index (χ2n) is 4.15. The van der Waals surface area contributed by atoms with Crippen LogP contribution in [0.3, 0.4) is 0 Å². The highest BCUT2D eigenvalue weighted by Gasteiger charge is 2.10. The average Bonchev–Trinajstić information content (AvgIpc) is 2.88. The molecule has 0 saturated heterocycles. The Morgan fingerprint density at radius 2 is 1.60 bits per heavy atom. The summed E-state index contributed by atoms with van der Waals surface area (Å²) in [6.45, 7) is 0. The van der Waals surface area contributed by atoms with Gasteiger partial charge in [0.15, 0.2) is 0 Å². The van der Waals surface area contributed by atoms with E-state index in [-0.39, 0.29) is 0 Å². The predicted octanol–water partition coefficient (Wildman–Crippen LogP) is 5.21. The monoisotopic (exact) mass is 298 g/mol. The van der Waals surface area contributed by atoms with Crippen LogP contribution < -0.4 is 0 Å². The molecule has 3 rings (SSSR count). The molecule has 0 radical (unpaired) electrons. The third-order valence-electron chi connectivity index (χ3n) is 2.75. The summed E-state index contributed by atoms with van der Waals surface area (Å²) in [6.07, 6.45) is 1.80. The summed E-state index contributed by atoms with van der Waals surface area (Å²) in [6, 6.07) is 19.8. The second-order valence-corrected chi connectivity index (χ2v) is 5.73. The average molecular weight is 299 g/mol. The number of halogens is 1. The molecule has 0 spiro atoms. The number of aliphatic imine (C=N–C) groups is 1. The molecular weight excluding hydrogens is 288 g/mol. The van der Waals surface area contributed by atoms with E-state index in [1.807, 2.05) is 60.7 Å². The van der Waals surface area contributed by atoms with Gasteiger partial charge in [-0.05, 0) is 5.56 Å². The van der Waals surface area contributed by atoms with Crippen LogP contribution in [0.4, 0.5) is 5.13 Å². The smallest absolute Gasteiger partial charge is 0.211 e. The summed E-state index contributed by atoms with van der Waals surface area (Å²) < 4.78 is 0.663. The Hall–Kier alpha value is -1.97. The lowest BCUT2D eigenvalue weighted by atomic mass is 10.2. The normalized spacial score (nSPS) is 11.1. The molecule has 0 atom stereocenters. The van der Waals surface area contributed by atoms with Gasteiger partial charge in [-0.15, -0.1) is 0 Å². The highest BCUT2D eigenvalue weighted by Crippen LogP contribution is 2.36. The van der Waals surface area contributed by atoms with Crippen molar-refractivity contribution in [3.63, 3.8) is 0 Å². The standard InChI is InChI=1S/C16H11ClN2S/c17-15-14(13-9-5-2-6-10-13)19-16(20-15)18-11-12-7-3-1-4-8-12/h1-11H/b18-11+. The molecule has 0 aliphatic rings. The van der Waals surface area contributed by atoms with Crippen LogP contribution in [0, 0.1) is 0 Å². The van der Waals surface area contributed by atoms with Gasteiger partial charge in [-0.25, -0.2) is 9.98 Å². The molecule has 98 valence electrons. The molecule has 0 unspecified atom stereocenters. The van der Waals surface area contributed by atoms with E-state index in [1.165, 1.54) is 11.3 Å². The highest BCUT2D eigenvalue weighted by molar-refractivity contribution is 7.19. The first-order valence-corrected chi connectivity index (χ1v) is 7.33. The lowest BCUT2D eigenvalue weighted by Gasteiger charge is -1.95.